The molecule has 1 aromatic heterocycles. The first-order chi connectivity index (χ1) is 10.1. The second-order valence-corrected chi connectivity index (χ2v) is 5.62. The second kappa shape index (κ2) is 7.36. The molecule has 0 atom stereocenters. The summed E-state index contributed by atoms with van der Waals surface area (Å²) in [5.74, 6) is 0.873. The molecule has 1 N–H and O–H groups in total. The highest BCUT2D eigenvalue weighted by Gasteiger charge is 2.07. The Labute approximate surface area is 127 Å². The molecule has 0 radical (unpaired) electrons. The lowest BCUT2D eigenvalue weighted by Gasteiger charge is -2.08. The van der Waals surface area contributed by atoms with Crippen molar-refractivity contribution >= 4 is 17.6 Å². The highest BCUT2D eigenvalue weighted by Crippen LogP contribution is 2.25. The van der Waals surface area contributed by atoms with Gasteiger partial charge in [-0.2, -0.15) is 0 Å². The highest BCUT2D eigenvalue weighted by atomic mass is 32.2. The molecule has 0 aliphatic rings. The first kappa shape index (κ1) is 15.7. The van der Waals surface area contributed by atoms with Crippen molar-refractivity contribution in [1.29, 1.82) is 0 Å². The average Bonchev–Trinajstić information content (AvgIpc) is 2.45. The molecule has 0 unspecified atom stereocenters. The van der Waals surface area contributed by atoms with E-state index in [-0.39, 0.29) is 4.90 Å². The van der Waals surface area contributed by atoms with Crippen molar-refractivity contribution in [3.8, 4) is 0 Å². The van der Waals surface area contributed by atoms with Crippen LogP contribution in [-0.2, 0) is 5.75 Å². The fourth-order valence-electron chi connectivity index (χ4n) is 1.77. The molecule has 0 fully saturated rings. The van der Waals surface area contributed by atoms with Gasteiger partial charge in [-0.05, 0) is 31.5 Å². The monoisotopic (exact) mass is 309 g/mol. The summed E-state index contributed by atoms with van der Waals surface area (Å²) in [5, 5.41) is 3.20. The summed E-state index contributed by atoms with van der Waals surface area (Å²) in [6.07, 6.45) is 1.00. The molecule has 2 rings (SSSR count). The maximum atomic E-state index is 13.6. The molecular formula is C15H17F2N3S. The van der Waals surface area contributed by atoms with Crippen LogP contribution in [-0.4, -0.2) is 16.5 Å². The van der Waals surface area contributed by atoms with Crippen LogP contribution in [0.2, 0.25) is 0 Å². The molecular weight excluding hydrogens is 292 g/mol. The molecule has 0 spiro atoms. The molecule has 2 aromatic rings. The van der Waals surface area contributed by atoms with Crippen LogP contribution in [0.3, 0.4) is 0 Å². The van der Waals surface area contributed by atoms with Crippen LogP contribution in [0.15, 0.2) is 29.2 Å². The topological polar surface area (TPSA) is 37.8 Å². The van der Waals surface area contributed by atoms with Crippen LogP contribution in [0, 0.1) is 18.6 Å². The van der Waals surface area contributed by atoms with Gasteiger partial charge < -0.3 is 5.32 Å². The lowest BCUT2D eigenvalue weighted by atomic mass is 10.3. The van der Waals surface area contributed by atoms with Crippen molar-refractivity contribution in [2.75, 3.05) is 11.9 Å². The largest absolute Gasteiger partial charge is 0.370 e. The molecule has 0 saturated carbocycles. The third kappa shape index (κ3) is 4.67. The molecule has 1 aromatic carbocycles. The number of aromatic nitrogens is 2. The Morgan fingerprint density at radius 1 is 1.19 bits per heavy atom. The molecule has 1 heterocycles. The molecule has 0 bridgehead atoms. The summed E-state index contributed by atoms with van der Waals surface area (Å²) in [4.78, 5) is 8.97. The standard InChI is InChI=1S/C15H17F2N3S/c1-3-6-18-14-7-10(2)19-15(20-14)9-21-13-8-11(16)4-5-12(13)17/h4-5,7-8H,3,6,9H2,1-2H3,(H,18,19,20). The van der Waals surface area contributed by atoms with Crippen LogP contribution >= 0.6 is 11.8 Å². The number of benzene rings is 1. The Morgan fingerprint density at radius 2 is 2.00 bits per heavy atom. The minimum Gasteiger partial charge on any atom is -0.370 e. The highest BCUT2D eigenvalue weighted by molar-refractivity contribution is 7.98. The zero-order chi connectivity index (χ0) is 15.2. The van der Waals surface area contributed by atoms with E-state index in [4.69, 9.17) is 0 Å². The van der Waals surface area contributed by atoms with Crippen LogP contribution in [0.4, 0.5) is 14.6 Å². The maximum Gasteiger partial charge on any atom is 0.141 e. The Morgan fingerprint density at radius 3 is 2.76 bits per heavy atom. The molecule has 112 valence electrons. The molecule has 0 aliphatic heterocycles. The summed E-state index contributed by atoms with van der Waals surface area (Å²) < 4.78 is 26.7. The van der Waals surface area contributed by atoms with Gasteiger partial charge in [0.25, 0.3) is 0 Å². The van der Waals surface area contributed by atoms with E-state index in [1.165, 1.54) is 17.8 Å². The number of thioether (sulfide) groups is 1. The number of halogens is 2. The van der Waals surface area contributed by atoms with Gasteiger partial charge in [0, 0.05) is 23.2 Å². The predicted molar refractivity (Wildman–Crippen MR) is 81.5 cm³/mol. The Balaban J connectivity index is 2.08. The quantitative estimate of drug-likeness (QED) is 0.812. The van der Waals surface area contributed by atoms with Crippen molar-refractivity contribution in [3.05, 3.63) is 47.4 Å². The molecule has 0 saturated heterocycles. The first-order valence-electron chi connectivity index (χ1n) is 6.74. The number of hydrogen-bond acceptors (Lipinski definition) is 4. The fraction of sp³-hybridized carbons (Fsp3) is 0.333. The van der Waals surface area contributed by atoms with Gasteiger partial charge in [0.15, 0.2) is 0 Å². The maximum absolute atomic E-state index is 13.6. The summed E-state index contributed by atoms with van der Waals surface area (Å²) >= 11 is 1.19. The molecule has 0 amide bonds. The Hall–Kier alpha value is -1.69. The van der Waals surface area contributed by atoms with E-state index in [2.05, 4.69) is 22.2 Å². The van der Waals surface area contributed by atoms with Crippen LogP contribution in [0.5, 0.6) is 0 Å². The summed E-state index contributed by atoms with van der Waals surface area (Å²) in [7, 11) is 0. The first-order valence-corrected chi connectivity index (χ1v) is 7.73. The second-order valence-electron chi connectivity index (χ2n) is 4.60. The predicted octanol–water partition coefficient (Wildman–Crippen LogP) is 4.18. The third-order valence-electron chi connectivity index (χ3n) is 2.71. The van der Waals surface area contributed by atoms with Crippen molar-refractivity contribution in [2.45, 2.75) is 30.9 Å². The van der Waals surface area contributed by atoms with Crippen molar-refractivity contribution in [1.82, 2.24) is 9.97 Å². The average molecular weight is 309 g/mol. The number of nitrogens with one attached hydrogen (secondary N) is 1. The van der Waals surface area contributed by atoms with Gasteiger partial charge in [0.2, 0.25) is 0 Å². The van der Waals surface area contributed by atoms with Gasteiger partial charge in [-0.15, -0.1) is 11.8 Å². The Kier molecular flexibility index (Phi) is 5.50. The number of anilines is 1. The minimum absolute atomic E-state index is 0.267. The van der Waals surface area contributed by atoms with Gasteiger partial charge in [-0.25, -0.2) is 18.7 Å². The molecule has 6 heteroatoms. The number of nitrogens with zero attached hydrogens (tertiary/aromatic N) is 2. The van der Waals surface area contributed by atoms with E-state index < -0.39 is 11.6 Å². The van der Waals surface area contributed by atoms with Crippen molar-refractivity contribution < 1.29 is 8.78 Å². The van der Waals surface area contributed by atoms with Crippen LogP contribution in [0.25, 0.3) is 0 Å². The van der Waals surface area contributed by atoms with Gasteiger partial charge in [0.05, 0.1) is 5.75 Å². The third-order valence-corrected chi connectivity index (χ3v) is 3.73. The Bertz CT molecular complexity index is 620. The minimum atomic E-state index is -0.450. The van der Waals surface area contributed by atoms with E-state index in [0.717, 1.165) is 36.6 Å². The van der Waals surface area contributed by atoms with Crippen molar-refractivity contribution in [2.24, 2.45) is 0 Å². The van der Waals surface area contributed by atoms with Crippen LogP contribution in [0.1, 0.15) is 24.9 Å². The van der Waals surface area contributed by atoms with Crippen molar-refractivity contribution in [3.63, 3.8) is 0 Å². The van der Waals surface area contributed by atoms with Crippen LogP contribution < -0.4 is 5.32 Å². The van der Waals surface area contributed by atoms with Gasteiger partial charge in [-0.3, -0.25) is 0 Å². The zero-order valence-electron chi connectivity index (χ0n) is 12.0. The van der Waals surface area contributed by atoms with E-state index >= 15 is 0 Å². The molecule has 3 nitrogen and oxygen atoms in total. The molecule has 21 heavy (non-hydrogen) atoms. The van der Waals surface area contributed by atoms with Gasteiger partial charge in [-0.1, -0.05) is 6.92 Å². The molecule has 0 aliphatic carbocycles. The zero-order valence-corrected chi connectivity index (χ0v) is 12.8. The van der Waals surface area contributed by atoms with E-state index in [0.29, 0.717) is 11.6 Å². The van der Waals surface area contributed by atoms with Gasteiger partial charge >= 0.3 is 0 Å². The van der Waals surface area contributed by atoms with E-state index in [1.54, 1.807) is 0 Å². The number of aryl methyl sites for hydroxylation is 1. The smallest absolute Gasteiger partial charge is 0.141 e. The lowest BCUT2D eigenvalue weighted by molar-refractivity contribution is 0.577. The number of rotatable bonds is 6. The number of hydrogen-bond donors (Lipinski definition) is 1. The van der Waals surface area contributed by atoms with E-state index in [9.17, 15) is 8.78 Å². The lowest BCUT2D eigenvalue weighted by Crippen LogP contribution is -2.05. The normalized spacial score (nSPS) is 10.7. The SMILES string of the molecule is CCCNc1cc(C)nc(CSc2cc(F)ccc2F)n1. The summed E-state index contributed by atoms with van der Waals surface area (Å²) in [6, 6.07) is 5.29. The summed E-state index contributed by atoms with van der Waals surface area (Å²) in [6.45, 7) is 4.79. The summed E-state index contributed by atoms with van der Waals surface area (Å²) in [5.41, 5.74) is 0.846. The fourth-order valence-corrected chi connectivity index (χ4v) is 2.58. The van der Waals surface area contributed by atoms with E-state index in [1.807, 2.05) is 13.0 Å². The van der Waals surface area contributed by atoms with Gasteiger partial charge in [0.1, 0.15) is 23.3 Å².